The van der Waals surface area contributed by atoms with Gasteiger partial charge >= 0.3 is 5.97 Å². The van der Waals surface area contributed by atoms with Gasteiger partial charge in [0.1, 0.15) is 31.0 Å². The van der Waals surface area contributed by atoms with Crippen LogP contribution < -0.4 is 0 Å². The number of esters is 1. The third-order valence-corrected chi connectivity index (χ3v) is 5.93. The van der Waals surface area contributed by atoms with E-state index in [2.05, 4.69) is 6.58 Å². The number of hydrogen-bond acceptors (Lipinski definition) is 7. The number of rotatable bonds is 3. The van der Waals surface area contributed by atoms with E-state index < -0.39 is 29.9 Å². The van der Waals surface area contributed by atoms with Gasteiger partial charge in [-0.1, -0.05) is 6.58 Å². The summed E-state index contributed by atoms with van der Waals surface area (Å²) in [6.45, 7) is 5.32. The van der Waals surface area contributed by atoms with Crippen molar-refractivity contribution in [1.29, 1.82) is 0 Å². The lowest BCUT2D eigenvalue weighted by Crippen LogP contribution is -2.56. The van der Waals surface area contributed by atoms with Crippen molar-refractivity contribution in [1.82, 2.24) is 0 Å². The van der Waals surface area contributed by atoms with E-state index in [-0.39, 0.29) is 24.9 Å². The number of hydrogen-bond donors (Lipinski definition) is 0. The van der Waals surface area contributed by atoms with Gasteiger partial charge in [-0.15, -0.1) is 0 Å². The van der Waals surface area contributed by atoms with Crippen LogP contribution in [-0.2, 0) is 33.2 Å². The number of carbonyl (C=O) groups excluding carboxylic acids is 1. The lowest BCUT2D eigenvalue weighted by Gasteiger charge is -2.37. The van der Waals surface area contributed by atoms with E-state index in [1.807, 2.05) is 0 Å². The monoisotopic (exact) mass is 352 g/mol. The lowest BCUT2D eigenvalue weighted by atomic mass is 9.91. The summed E-state index contributed by atoms with van der Waals surface area (Å²) in [5.74, 6) is -1.48. The Bertz CT molecular complexity index is 594. The minimum absolute atomic E-state index is 0.0892. The molecule has 7 heteroatoms. The number of carbonyl (C=O) groups is 1. The third kappa shape index (κ3) is 2.48. The molecular weight excluding hydrogens is 328 g/mol. The van der Waals surface area contributed by atoms with E-state index in [0.717, 1.165) is 38.5 Å². The van der Waals surface area contributed by atoms with Gasteiger partial charge in [0.05, 0.1) is 0 Å². The summed E-state index contributed by atoms with van der Waals surface area (Å²) in [5, 5.41) is 0. The summed E-state index contributed by atoms with van der Waals surface area (Å²) in [6, 6.07) is 0. The molecule has 3 saturated heterocycles. The van der Waals surface area contributed by atoms with Crippen LogP contribution in [0.2, 0.25) is 0 Å². The Morgan fingerprint density at radius 1 is 1.00 bits per heavy atom. The quantitative estimate of drug-likeness (QED) is 0.566. The van der Waals surface area contributed by atoms with Gasteiger partial charge in [0, 0.05) is 31.3 Å². The smallest absolute Gasteiger partial charge is 0.333 e. The maximum atomic E-state index is 11.8. The van der Waals surface area contributed by atoms with E-state index in [1.165, 1.54) is 0 Å². The molecule has 5 rings (SSSR count). The predicted octanol–water partition coefficient (Wildman–Crippen LogP) is 1.79. The van der Waals surface area contributed by atoms with Crippen LogP contribution >= 0.6 is 0 Å². The first-order valence-corrected chi connectivity index (χ1v) is 9.19. The molecule has 0 amide bonds. The van der Waals surface area contributed by atoms with E-state index in [4.69, 9.17) is 28.4 Å². The van der Waals surface area contributed by atoms with Crippen LogP contribution in [0.25, 0.3) is 0 Å². The normalized spacial score (nSPS) is 42.4. The molecule has 5 fully saturated rings. The first-order chi connectivity index (χ1) is 12.0. The molecule has 3 aliphatic heterocycles. The van der Waals surface area contributed by atoms with Crippen molar-refractivity contribution in [3.05, 3.63) is 12.2 Å². The van der Waals surface area contributed by atoms with Crippen LogP contribution in [0.4, 0.5) is 0 Å². The summed E-state index contributed by atoms with van der Waals surface area (Å²) < 4.78 is 36.2. The zero-order valence-electron chi connectivity index (χ0n) is 14.4. The first kappa shape index (κ1) is 16.2. The lowest BCUT2D eigenvalue weighted by molar-refractivity contribution is -0.270. The van der Waals surface area contributed by atoms with Crippen molar-refractivity contribution in [2.24, 2.45) is 0 Å². The number of fused-ring (bicyclic) bond motifs is 3. The summed E-state index contributed by atoms with van der Waals surface area (Å²) in [6.07, 6.45) is 3.87. The molecule has 0 radical (unpaired) electrons. The third-order valence-electron chi connectivity index (χ3n) is 5.93. The van der Waals surface area contributed by atoms with Gasteiger partial charge in [-0.3, -0.25) is 0 Å². The zero-order chi connectivity index (χ0) is 17.2. The highest BCUT2D eigenvalue weighted by Crippen LogP contribution is 2.53. The molecule has 25 heavy (non-hydrogen) atoms. The summed E-state index contributed by atoms with van der Waals surface area (Å²) in [4.78, 5) is 11.8. The minimum atomic E-state index is -0.526. The van der Waals surface area contributed by atoms with E-state index in [0.29, 0.717) is 5.57 Å². The van der Waals surface area contributed by atoms with Gasteiger partial charge in [-0.05, 0) is 19.8 Å². The molecule has 0 aromatic carbocycles. The van der Waals surface area contributed by atoms with Crippen LogP contribution in [0.15, 0.2) is 12.2 Å². The van der Waals surface area contributed by atoms with E-state index >= 15 is 0 Å². The van der Waals surface area contributed by atoms with Crippen LogP contribution in [-0.4, -0.2) is 54.9 Å². The maximum Gasteiger partial charge on any atom is 0.333 e. The molecule has 5 atom stereocenters. The highest BCUT2D eigenvalue weighted by Gasteiger charge is 2.65. The van der Waals surface area contributed by atoms with Crippen LogP contribution in [0.3, 0.4) is 0 Å². The Hall–Kier alpha value is -0.990. The highest BCUT2D eigenvalue weighted by atomic mass is 16.9. The largest absolute Gasteiger partial charge is 0.459 e. The first-order valence-electron chi connectivity index (χ1n) is 9.19. The van der Waals surface area contributed by atoms with Crippen LogP contribution in [0.1, 0.15) is 45.4 Å². The average Bonchev–Trinajstić information content (AvgIpc) is 3.10. The molecule has 0 bridgehead atoms. The van der Waals surface area contributed by atoms with Gasteiger partial charge < -0.3 is 28.4 Å². The fourth-order valence-electron chi connectivity index (χ4n) is 4.20. The zero-order valence-corrected chi connectivity index (χ0v) is 14.4. The summed E-state index contributed by atoms with van der Waals surface area (Å²) >= 11 is 0. The Morgan fingerprint density at radius 2 is 1.60 bits per heavy atom. The van der Waals surface area contributed by atoms with Gasteiger partial charge in [-0.25, -0.2) is 4.79 Å². The van der Waals surface area contributed by atoms with Gasteiger partial charge in [0.15, 0.2) is 17.9 Å². The van der Waals surface area contributed by atoms with Crippen molar-refractivity contribution < 1.29 is 33.2 Å². The second-order valence-electron chi connectivity index (χ2n) is 7.82. The van der Waals surface area contributed by atoms with Crippen molar-refractivity contribution in [3.63, 3.8) is 0 Å². The fraction of sp³-hybridized carbons (Fsp3) is 0.833. The molecule has 0 N–H and O–H groups in total. The standard InChI is InChI=1S/C18H24O7/c1-10(2)15(19)20-9-11-12-13(23-17(22-12)5-3-6-17)14-16(21-11)25-18(24-14)7-4-8-18/h11-14,16H,1,3-9H2,2H3/t11-,12+,13+,14-,16-/m1/s1. The summed E-state index contributed by atoms with van der Waals surface area (Å²) in [5.41, 5.74) is 0.359. The maximum absolute atomic E-state index is 11.8. The van der Waals surface area contributed by atoms with E-state index in [1.54, 1.807) is 6.92 Å². The molecule has 7 nitrogen and oxygen atoms in total. The van der Waals surface area contributed by atoms with Gasteiger partial charge in [0.25, 0.3) is 0 Å². The average molecular weight is 352 g/mol. The Labute approximate surface area is 146 Å². The Kier molecular flexibility index (Phi) is 3.57. The number of ether oxygens (including phenoxy) is 6. The highest BCUT2D eigenvalue weighted by molar-refractivity contribution is 5.86. The second kappa shape index (κ2) is 5.50. The molecule has 138 valence electrons. The minimum Gasteiger partial charge on any atom is -0.459 e. The van der Waals surface area contributed by atoms with Crippen molar-refractivity contribution in [2.45, 2.75) is 87.7 Å². The van der Waals surface area contributed by atoms with Crippen molar-refractivity contribution in [3.8, 4) is 0 Å². The predicted molar refractivity (Wildman–Crippen MR) is 83.3 cm³/mol. The van der Waals surface area contributed by atoms with Crippen LogP contribution in [0, 0.1) is 0 Å². The van der Waals surface area contributed by atoms with Crippen molar-refractivity contribution >= 4 is 5.97 Å². The molecule has 0 aromatic rings. The molecular formula is C18H24O7. The van der Waals surface area contributed by atoms with Crippen molar-refractivity contribution in [2.75, 3.05) is 6.61 Å². The molecule has 2 spiro atoms. The Balaban J connectivity index is 1.35. The molecule has 3 heterocycles. The molecule has 5 aliphatic rings. The fourth-order valence-corrected chi connectivity index (χ4v) is 4.20. The molecule has 0 aromatic heterocycles. The van der Waals surface area contributed by atoms with E-state index in [9.17, 15) is 4.79 Å². The van der Waals surface area contributed by atoms with Gasteiger partial charge in [0.2, 0.25) is 0 Å². The summed E-state index contributed by atoms with van der Waals surface area (Å²) in [7, 11) is 0. The molecule has 2 saturated carbocycles. The SMILES string of the molecule is C=C(C)C(=O)OC[C@H]1O[C@@H]2OC3(CCC3)O[C@@H]2[C@H]2OC3(CCC3)O[C@H]21. The Morgan fingerprint density at radius 3 is 2.20 bits per heavy atom. The topological polar surface area (TPSA) is 72.5 Å². The van der Waals surface area contributed by atoms with Gasteiger partial charge in [-0.2, -0.15) is 0 Å². The molecule has 0 unspecified atom stereocenters. The second-order valence-corrected chi connectivity index (χ2v) is 7.82. The van der Waals surface area contributed by atoms with Crippen LogP contribution in [0.5, 0.6) is 0 Å². The molecule has 2 aliphatic carbocycles.